The Morgan fingerprint density at radius 2 is 1.92 bits per heavy atom. The number of rotatable bonds is 7. The van der Waals surface area contributed by atoms with Crippen LogP contribution < -0.4 is 0 Å². The Balaban J connectivity index is 3.31. The van der Waals surface area contributed by atoms with Gasteiger partial charge < -0.3 is 10.5 Å². The standard InChI is InChI=1S/C10H21NO/c1-3-5-6-7-8-10(12)9(11)4-2/h10-12H,3-8H2,1-2H3. The largest absolute Gasteiger partial charge is 0.387 e. The van der Waals surface area contributed by atoms with E-state index >= 15 is 0 Å². The third-order valence-electron chi connectivity index (χ3n) is 2.11. The molecule has 0 aromatic rings. The van der Waals surface area contributed by atoms with E-state index in [4.69, 9.17) is 5.41 Å². The molecular formula is C10H21NO. The summed E-state index contributed by atoms with van der Waals surface area (Å²) >= 11 is 0. The molecule has 1 unspecified atom stereocenters. The van der Waals surface area contributed by atoms with Crippen molar-refractivity contribution in [3.63, 3.8) is 0 Å². The summed E-state index contributed by atoms with van der Waals surface area (Å²) in [7, 11) is 0. The Hall–Kier alpha value is -0.370. The van der Waals surface area contributed by atoms with Gasteiger partial charge in [0.05, 0.1) is 6.10 Å². The van der Waals surface area contributed by atoms with Crippen LogP contribution in [0.3, 0.4) is 0 Å². The van der Waals surface area contributed by atoms with E-state index in [9.17, 15) is 5.11 Å². The third-order valence-corrected chi connectivity index (χ3v) is 2.11. The highest BCUT2D eigenvalue weighted by Gasteiger charge is 2.07. The van der Waals surface area contributed by atoms with Crippen molar-refractivity contribution >= 4 is 5.71 Å². The fourth-order valence-electron chi connectivity index (χ4n) is 1.17. The van der Waals surface area contributed by atoms with Crippen LogP contribution in [0.4, 0.5) is 0 Å². The minimum absolute atomic E-state index is 0.478. The van der Waals surface area contributed by atoms with Gasteiger partial charge in [0.25, 0.3) is 0 Å². The molecule has 0 bridgehead atoms. The van der Waals surface area contributed by atoms with Crippen LogP contribution in [-0.2, 0) is 0 Å². The maximum atomic E-state index is 9.39. The Labute approximate surface area is 75.5 Å². The van der Waals surface area contributed by atoms with Gasteiger partial charge in [0.15, 0.2) is 0 Å². The highest BCUT2D eigenvalue weighted by molar-refractivity contribution is 5.85. The van der Waals surface area contributed by atoms with Crippen LogP contribution in [0, 0.1) is 5.41 Å². The maximum absolute atomic E-state index is 9.39. The quantitative estimate of drug-likeness (QED) is 0.449. The van der Waals surface area contributed by atoms with Gasteiger partial charge in [0.1, 0.15) is 0 Å². The lowest BCUT2D eigenvalue weighted by Crippen LogP contribution is -2.18. The van der Waals surface area contributed by atoms with Crippen molar-refractivity contribution < 1.29 is 5.11 Å². The summed E-state index contributed by atoms with van der Waals surface area (Å²) in [5.41, 5.74) is 0.478. The van der Waals surface area contributed by atoms with E-state index in [0.29, 0.717) is 12.1 Å². The molecule has 0 aliphatic carbocycles. The molecule has 0 rings (SSSR count). The molecule has 0 saturated heterocycles. The first kappa shape index (κ1) is 11.6. The van der Waals surface area contributed by atoms with Gasteiger partial charge in [-0.1, -0.05) is 39.5 Å². The minimum Gasteiger partial charge on any atom is -0.387 e. The van der Waals surface area contributed by atoms with Crippen LogP contribution in [0.5, 0.6) is 0 Å². The van der Waals surface area contributed by atoms with Crippen molar-refractivity contribution in [3.05, 3.63) is 0 Å². The summed E-state index contributed by atoms with van der Waals surface area (Å²) in [6.07, 6.45) is 5.67. The summed E-state index contributed by atoms with van der Waals surface area (Å²) < 4.78 is 0. The summed E-state index contributed by atoms with van der Waals surface area (Å²) in [5, 5.41) is 16.8. The van der Waals surface area contributed by atoms with E-state index in [0.717, 1.165) is 12.8 Å². The van der Waals surface area contributed by atoms with Gasteiger partial charge in [-0.25, -0.2) is 0 Å². The van der Waals surface area contributed by atoms with Crippen molar-refractivity contribution in [3.8, 4) is 0 Å². The first-order valence-corrected chi connectivity index (χ1v) is 4.97. The molecular weight excluding hydrogens is 150 g/mol. The molecule has 2 N–H and O–H groups in total. The lowest BCUT2D eigenvalue weighted by Gasteiger charge is -2.09. The summed E-state index contributed by atoms with van der Waals surface area (Å²) in [6.45, 7) is 4.09. The molecule has 0 aliphatic rings. The Morgan fingerprint density at radius 1 is 1.25 bits per heavy atom. The minimum atomic E-state index is -0.480. The Kier molecular flexibility index (Phi) is 7.06. The van der Waals surface area contributed by atoms with E-state index in [1.54, 1.807) is 0 Å². The van der Waals surface area contributed by atoms with Gasteiger partial charge in [-0.2, -0.15) is 0 Å². The second-order valence-electron chi connectivity index (χ2n) is 3.24. The van der Waals surface area contributed by atoms with Crippen molar-refractivity contribution in [2.45, 2.75) is 58.5 Å². The Bertz CT molecular complexity index is 123. The topological polar surface area (TPSA) is 44.1 Å². The lowest BCUT2D eigenvalue weighted by molar-refractivity contribution is 0.223. The number of unbranched alkanes of at least 4 members (excludes halogenated alkanes) is 3. The maximum Gasteiger partial charge on any atom is 0.0913 e. The second-order valence-corrected chi connectivity index (χ2v) is 3.24. The zero-order valence-electron chi connectivity index (χ0n) is 8.27. The molecule has 0 aliphatic heterocycles. The predicted molar refractivity (Wildman–Crippen MR) is 52.8 cm³/mol. The van der Waals surface area contributed by atoms with Crippen LogP contribution in [0.15, 0.2) is 0 Å². The van der Waals surface area contributed by atoms with Crippen LogP contribution in [0.1, 0.15) is 52.4 Å². The molecule has 0 fully saturated rings. The molecule has 0 aromatic heterocycles. The summed E-state index contributed by atoms with van der Waals surface area (Å²) in [5.74, 6) is 0. The molecule has 0 spiro atoms. The number of aliphatic hydroxyl groups excluding tert-OH is 1. The van der Waals surface area contributed by atoms with Crippen LogP contribution in [0.2, 0.25) is 0 Å². The molecule has 0 radical (unpaired) electrons. The number of hydrogen-bond acceptors (Lipinski definition) is 2. The van der Waals surface area contributed by atoms with Crippen LogP contribution in [0.25, 0.3) is 0 Å². The molecule has 12 heavy (non-hydrogen) atoms. The first-order chi connectivity index (χ1) is 5.72. The number of nitrogens with one attached hydrogen (secondary N) is 1. The van der Waals surface area contributed by atoms with Gasteiger partial charge in [0, 0.05) is 5.71 Å². The molecule has 0 amide bonds. The van der Waals surface area contributed by atoms with Crippen molar-refractivity contribution in [1.82, 2.24) is 0 Å². The normalized spacial score (nSPS) is 12.9. The van der Waals surface area contributed by atoms with Crippen molar-refractivity contribution in [1.29, 1.82) is 5.41 Å². The van der Waals surface area contributed by atoms with Gasteiger partial charge >= 0.3 is 0 Å². The van der Waals surface area contributed by atoms with Gasteiger partial charge in [-0.05, 0) is 12.8 Å². The fraction of sp³-hybridized carbons (Fsp3) is 0.900. The van der Waals surface area contributed by atoms with E-state index in [1.165, 1.54) is 19.3 Å². The smallest absolute Gasteiger partial charge is 0.0913 e. The number of aliphatic hydroxyl groups is 1. The van der Waals surface area contributed by atoms with Gasteiger partial charge in [0.2, 0.25) is 0 Å². The monoisotopic (exact) mass is 171 g/mol. The average molecular weight is 171 g/mol. The molecule has 0 saturated carbocycles. The predicted octanol–water partition coefficient (Wildman–Crippen LogP) is 2.75. The van der Waals surface area contributed by atoms with Gasteiger partial charge in [-0.3, -0.25) is 0 Å². The summed E-state index contributed by atoms with van der Waals surface area (Å²) in [6, 6.07) is 0. The first-order valence-electron chi connectivity index (χ1n) is 4.97. The highest BCUT2D eigenvalue weighted by Crippen LogP contribution is 2.07. The zero-order valence-corrected chi connectivity index (χ0v) is 8.27. The van der Waals surface area contributed by atoms with E-state index in [1.807, 2.05) is 6.92 Å². The molecule has 0 aromatic carbocycles. The van der Waals surface area contributed by atoms with E-state index < -0.39 is 6.10 Å². The van der Waals surface area contributed by atoms with Gasteiger partial charge in [-0.15, -0.1) is 0 Å². The molecule has 72 valence electrons. The highest BCUT2D eigenvalue weighted by atomic mass is 16.3. The molecule has 2 heteroatoms. The zero-order chi connectivity index (χ0) is 9.40. The SMILES string of the molecule is CCCCCCC(O)C(=N)CC. The molecule has 2 nitrogen and oxygen atoms in total. The van der Waals surface area contributed by atoms with Crippen molar-refractivity contribution in [2.75, 3.05) is 0 Å². The lowest BCUT2D eigenvalue weighted by atomic mass is 10.0. The summed E-state index contributed by atoms with van der Waals surface area (Å²) in [4.78, 5) is 0. The second kappa shape index (κ2) is 7.29. The van der Waals surface area contributed by atoms with Crippen molar-refractivity contribution in [2.24, 2.45) is 0 Å². The number of hydrogen-bond donors (Lipinski definition) is 2. The van der Waals surface area contributed by atoms with E-state index in [-0.39, 0.29) is 0 Å². The Morgan fingerprint density at radius 3 is 2.42 bits per heavy atom. The molecule has 1 atom stereocenters. The average Bonchev–Trinajstić information content (AvgIpc) is 2.10. The fourth-order valence-corrected chi connectivity index (χ4v) is 1.17. The van der Waals surface area contributed by atoms with Crippen LogP contribution in [-0.4, -0.2) is 16.9 Å². The van der Waals surface area contributed by atoms with E-state index in [2.05, 4.69) is 6.92 Å². The van der Waals surface area contributed by atoms with Crippen LogP contribution >= 0.6 is 0 Å². The third kappa shape index (κ3) is 5.30. The molecule has 0 heterocycles.